The van der Waals surface area contributed by atoms with E-state index in [1.807, 2.05) is 0 Å². The molecule has 108 valence electrons. The van der Waals surface area contributed by atoms with E-state index in [-0.39, 0.29) is 5.58 Å². The highest BCUT2D eigenvalue weighted by Gasteiger charge is 2.42. The summed E-state index contributed by atoms with van der Waals surface area (Å²) in [6.45, 7) is 1.05. The normalized spacial score (nSPS) is 20.1. The van der Waals surface area contributed by atoms with E-state index in [9.17, 15) is 9.50 Å². The van der Waals surface area contributed by atoms with Gasteiger partial charge in [-0.15, -0.1) is 0 Å². The maximum absolute atomic E-state index is 13.7. The van der Waals surface area contributed by atoms with Crippen molar-refractivity contribution in [3.05, 3.63) is 35.8 Å². The summed E-state index contributed by atoms with van der Waals surface area (Å²) in [5.41, 5.74) is -0.567. The highest BCUT2D eigenvalue weighted by atomic mass is 19.1. The molecule has 1 atom stereocenters. The first kappa shape index (κ1) is 13.5. The lowest BCUT2D eigenvalue weighted by Crippen LogP contribution is -2.43. The first-order valence-electron chi connectivity index (χ1n) is 6.65. The van der Waals surface area contributed by atoms with Crippen LogP contribution in [-0.4, -0.2) is 31.0 Å². The molecular weight excluding hydrogens is 263 g/mol. The average Bonchev–Trinajstić information content (AvgIpc) is 2.92. The summed E-state index contributed by atoms with van der Waals surface area (Å²) in [7, 11) is 1.57. The molecule has 20 heavy (non-hydrogen) atoms. The van der Waals surface area contributed by atoms with E-state index in [1.165, 1.54) is 6.07 Å². The number of para-hydroxylation sites is 1. The van der Waals surface area contributed by atoms with Crippen molar-refractivity contribution in [2.75, 3.05) is 20.3 Å². The van der Waals surface area contributed by atoms with Crippen LogP contribution in [0.3, 0.4) is 0 Å². The molecule has 2 aromatic rings. The fraction of sp³-hybridized carbons (Fsp3) is 0.467. The lowest BCUT2D eigenvalue weighted by Gasteiger charge is -2.38. The molecule has 5 heteroatoms. The van der Waals surface area contributed by atoms with E-state index < -0.39 is 17.5 Å². The summed E-state index contributed by atoms with van der Waals surface area (Å²) in [5.74, 6) is -0.103. The van der Waals surface area contributed by atoms with Crippen molar-refractivity contribution >= 4 is 11.0 Å². The third-order valence-electron chi connectivity index (χ3n) is 4.03. The van der Waals surface area contributed by atoms with E-state index in [2.05, 4.69) is 0 Å². The van der Waals surface area contributed by atoms with Gasteiger partial charge in [0.2, 0.25) is 0 Å². The van der Waals surface area contributed by atoms with E-state index in [4.69, 9.17) is 13.9 Å². The molecule has 0 aliphatic carbocycles. The van der Waals surface area contributed by atoms with Gasteiger partial charge in [0.15, 0.2) is 11.4 Å². The fourth-order valence-electron chi connectivity index (χ4n) is 2.75. The molecule has 2 heterocycles. The second kappa shape index (κ2) is 5.16. The van der Waals surface area contributed by atoms with Gasteiger partial charge >= 0.3 is 0 Å². The Morgan fingerprint density at radius 1 is 1.35 bits per heavy atom. The van der Waals surface area contributed by atoms with Gasteiger partial charge in [-0.1, -0.05) is 12.1 Å². The first-order chi connectivity index (χ1) is 9.66. The van der Waals surface area contributed by atoms with Crippen molar-refractivity contribution in [2.24, 2.45) is 0 Å². The molecular formula is C15H17FO4. The highest BCUT2D eigenvalue weighted by molar-refractivity contribution is 5.78. The Morgan fingerprint density at radius 2 is 2.10 bits per heavy atom. The Labute approximate surface area is 116 Å². The SMILES string of the molecule is COC1(C(O)c2cc3cccc(F)c3o2)CCOCC1. The molecule has 0 saturated carbocycles. The number of halogens is 1. The summed E-state index contributed by atoms with van der Waals surface area (Å²) >= 11 is 0. The molecule has 0 radical (unpaired) electrons. The molecule has 3 rings (SSSR count). The Hall–Kier alpha value is -1.43. The van der Waals surface area contributed by atoms with Crippen molar-refractivity contribution in [2.45, 2.75) is 24.5 Å². The summed E-state index contributed by atoms with van der Waals surface area (Å²) in [5, 5.41) is 11.2. The molecule has 0 spiro atoms. The predicted molar refractivity (Wildman–Crippen MR) is 70.9 cm³/mol. The predicted octanol–water partition coefficient (Wildman–Crippen LogP) is 2.80. The molecule has 1 aromatic heterocycles. The molecule has 1 saturated heterocycles. The van der Waals surface area contributed by atoms with Crippen LogP contribution in [0, 0.1) is 5.82 Å². The number of aliphatic hydroxyl groups excluding tert-OH is 1. The van der Waals surface area contributed by atoms with Crippen LogP contribution in [0.4, 0.5) is 4.39 Å². The van der Waals surface area contributed by atoms with Gasteiger partial charge < -0.3 is 19.0 Å². The third-order valence-corrected chi connectivity index (χ3v) is 4.03. The minimum atomic E-state index is -0.941. The Balaban J connectivity index is 1.98. The molecule has 1 aromatic carbocycles. The number of rotatable bonds is 3. The number of hydrogen-bond acceptors (Lipinski definition) is 4. The Kier molecular flexibility index (Phi) is 3.50. The lowest BCUT2D eigenvalue weighted by atomic mass is 9.86. The van der Waals surface area contributed by atoms with Crippen molar-refractivity contribution in [3.8, 4) is 0 Å². The number of furan rings is 1. The smallest absolute Gasteiger partial charge is 0.170 e. The van der Waals surface area contributed by atoms with Gasteiger partial charge in [0.05, 0.1) is 0 Å². The van der Waals surface area contributed by atoms with Crippen molar-refractivity contribution in [1.29, 1.82) is 0 Å². The van der Waals surface area contributed by atoms with Crippen molar-refractivity contribution < 1.29 is 23.4 Å². The van der Waals surface area contributed by atoms with Crippen LogP contribution in [0.15, 0.2) is 28.7 Å². The second-order valence-electron chi connectivity index (χ2n) is 5.09. The molecule has 1 N–H and O–H groups in total. The summed E-state index contributed by atoms with van der Waals surface area (Å²) in [6, 6.07) is 6.37. The topological polar surface area (TPSA) is 51.8 Å². The van der Waals surface area contributed by atoms with Crippen LogP contribution in [0.5, 0.6) is 0 Å². The zero-order valence-corrected chi connectivity index (χ0v) is 11.3. The minimum absolute atomic E-state index is 0.167. The van der Waals surface area contributed by atoms with Crippen LogP contribution in [-0.2, 0) is 9.47 Å². The van der Waals surface area contributed by atoms with Gasteiger partial charge in [0.1, 0.15) is 17.5 Å². The van der Waals surface area contributed by atoms with Gasteiger partial charge in [0, 0.05) is 38.6 Å². The largest absolute Gasteiger partial charge is 0.455 e. The van der Waals surface area contributed by atoms with E-state index in [0.29, 0.717) is 37.2 Å². The maximum Gasteiger partial charge on any atom is 0.170 e. The molecule has 1 aliphatic heterocycles. The number of ether oxygens (including phenoxy) is 2. The van der Waals surface area contributed by atoms with E-state index in [0.717, 1.165) is 0 Å². The van der Waals surface area contributed by atoms with Gasteiger partial charge in [-0.25, -0.2) is 4.39 Å². The van der Waals surface area contributed by atoms with Gasteiger partial charge in [-0.05, 0) is 12.1 Å². The third kappa shape index (κ3) is 2.12. The average molecular weight is 280 g/mol. The summed E-state index contributed by atoms with van der Waals surface area (Å²) in [4.78, 5) is 0. The van der Waals surface area contributed by atoms with Gasteiger partial charge in [0.25, 0.3) is 0 Å². The zero-order chi connectivity index (χ0) is 14.2. The van der Waals surface area contributed by atoms with Crippen LogP contribution < -0.4 is 0 Å². The first-order valence-corrected chi connectivity index (χ1v) is 6.65. The molecule has 1 aliphatic rings. The standard InChI is InChI=1S/C15H17FO4/c1-18-15(5-7-19-8-6-15)14(17)12-9-10-3-2-4-11(16)13(10)20-12/h2-4,9,14,17H,5-8H2,1H3. The fourth-order valence-corrected chi connectivity index (χ4v) is 2.75. The molecule has 1 fully saturated rings. The molecule has 0 amide bonds. The van der Waals surface area contributed by atoms with Crippen molar-refractivity contribution in [1.82, 2.24) is 0 Å². The Morgan fingerprint density at radius 3 is 2.75 bits per heavy atom. The number of fused-ring (bicyclic) bond motifs is 1. The molecule has 4 nitrogen and oxygen atoms in total. The zero-order valence-electron chi connectivity index (χ0n) is 11.3. The monoisotopic (exact) mass is 280 g/mol. The summed E-state index contributed by atoms with van der Waals surface area (Å²) in [6.07, 6.45) is 0.206. The van der Waals surface area contributed by atoms with Gasteiger partial charge in [-0.3, -0.25) is 0 Å². The minimum Gasteiger partial charge on any atom is -0.455 e. The van der Waals surface area contributed by atoms with Crippen molar-refractivity contribution in [3.63, 3.8) is 0 Å². The van der Waals surface area contributed by atoms with Crippen LogP contribution in [0.1, 0.15) is 24.7 Å². The quantitative estimate of drug-likeness (QED) is 0.939. The second-order valence-corrected chi connectivity index (χ2v) is 5.09. The van der Waals surface area contributed by atoms with E-state index in [1.54, 1.807) is 25.3 Å². The number of methoxy groups -OCH3 is 1. The van der Waals surface area contributed by atoms with Gasteiger partial charge in [-0.2, -0.15) is 0 Å². The number of benzene rings is 1. The highest BCUT2D eigenvalue weighted by Crippen LogP contribution is 2.39. The number of aliphatic hydroxyl groups is 1. The Bertz CT molecular complexity index is 601. The van der Waals surface area contributed by atoms with Crippen LogP contribution in [0.2, 0.25) is 0 Å². The lowest BCUT2D eigenvalue weighted by molar-refractivity contribution is -0.159. The van der Waals surface area contributed by atoms with Crippen LogP contribution in [0.25, 0.3) is 11.0 Å². The maximum atomic E-state index is 13.7. The van der Waals surface area contributed by atoms with E-state index >= 15 is 0 Å². The molecule has 0 bridgehead atoms. The number of hydrogen-bond donors (Lipinski definition) is 1. The molecule has 1 unspecified atom stereocenters. The summed E-state index contributed by atoms with van der Waals surface area (Å²) < 4.78 is 30.0. The van der Waals surface area contributed by atoms with Crippen LogP contribution >= 0.6 is 0 Å².